The molecule has 2 heterocycles. The highest BCUT2D eigenvalue weighted by atomic mass is 32.2. The van der Waals surface area contributed by atoms with Crippen LogP contribution in [0.1, 0.15) is 12.8 Å². The molecule has 1 aliphatic rings. The molecule has 0 unspecified atom stereocenters. The number of pyridine rings is 1. The van der Waals surface area contributed by atoms with Crippen LogP contribution in [0.4, 0.5) is 11.4 Å². The SMILES string of the molecule is Nc1cncc(NC2CCSCC2)c1. The van der Waals surface area contributed by atoms with Crippen LogP contribution in [0.25, 0.3) is 0 Å². The Morgan fingerprint density at radius 3 is 2.86 bits per heavy atom. The summed E-state index contributed by atoms with van der Waals surface area (Å²) < 4.78 is 0. The van der Waals surface area contributed by atoms with E-state index in [0.717, 1.165) is 11.4 Å². The van der Waals surface area contributed by atoms with Gasteiger partial charge in [0, 0.05) is 12.2 Å². The quantitative estimate of drug-likeness (QED) is 0.782. The molecule has 1 aliphatic heterocycles. The molecule has 1 saturated heterocycles. The van der Waals surface area contributed by atoms with Crippen molar-refractivity contribution in [2.75, 3.05) is 22.6 Å². The van der Waals surface area contributed by atoms with Gasteiger partial charge in [-0.05, 0) is 30.4 Å². The maximum absolute atomic E-state index is 5.66. The van der Waals surface area contributed by atoms with Crippen LogP contribution in [-0.2, 0) is 0 Å². The molecule has 3 nitrogen and oxygen atoms in total. The topological polar surface area (TPSA) is 50.9 Å². The van der Waals surface area contributed by atoms with Crippen molar-refractivity contribution in [1.82, 2.24) is 4.98 Å². The zero-order valence-electron chi connectivity index (χ0n) is 8.07. The standard InChI is InChI=1S/C10H15N3S/c11-8-5-10(7-12-6-8)13-9-1-3-14-4-2-9/h5-7,9,13H,1-4,11H2. The Morgan fingerprint density at radius 1 is 1.36 bits per heavy atom. The third-order valence-corrected chi connectivity index (χ3v) is 3.40. The van der Waals surface area contributed by atoms with Crippen LogP contribution in [0.3, 0.4) is 0 Å². The summed E-state index contributed by atoms with van der Waals surface area (Å²) in [6.07, 6.45) is 5.97. The molecule has 1 aromatic rings. The first-order valence-electron chi connectivity index (χ1n) is 4.89. The van der Waals surface area contributed by atoms with Crippen molar-refractivity contribution in [1.29, 1.82) is 0 Å². The van der Waals surface area contributed by atoms with Crippen molar-refractivity contribution in [3.63, 3.8) is 0 Å². The second-order valence-corrected chi connectivity index (χ2v) is 4.76. The fourth-order valence-electron chi connectivity index (χ4n) is 1.61. The summed E-state index contributed by atoms with van der Waals surface area (Å²) in [7, 11) is 0. The van der Waals surface area contributed by atoms with Crippen molar-refractivity contribution < 1.29 is 0 Å². The number of nitrogen functional groups attached to an aromatic ring is 1. The minimum Gasteiger partial charge on any atom is -0.397 e. The molecule has 3 N–H and O–H groups in total. The maximum atomic E-state index is 5.66. The van der Waals surface area contributed by atoms with Crippen LogP contribution >= 0.6 is 11.8 Å². The normalized spacial score (nSPS) is 18.0. The molecule has 4 heteroatoms. The summed E-state index contributed by atoms with van der Waals surface area (Å²) >= 11 is 2.03. The second kappa shape index (κ2) is 4.55. The maximum Gasteiger partial charge on any atom is 0.0549 e. The zero-order valence-corrected chi connectivity index (χ0v) is 8.89. The van der Waals surface area contributed by atoms with Gasteiger partial charge in [0.1, 0.15) is 0 Å². The Hall–Kier alpha value is -0.900. The van der Waals surface area contributed by atoms with Gasteiger partial charge in [0.2, 0.25) is 0 Å². The summed E-state index contributed by atoms with van der Waals surface area (Å²) in [5, 5.41) is 3.47. The predicted molar refractivity (Wildman–Crippen MR) is 62.6 cm³/mol. The van der Waals surface area contributed by atoms with Gasteiger partial charge >= 0.3 is 0 Å². The van der Waals surface area contributed by atoms with Gasteiger partial charge in [-0.25, -0.2) is 0 Å². The van der Waals surface area contributed by atoms with E-state index in [2.05, 4.69) is 10.3 Å². The van der Waals surface area contributed by atoms with Crippen LogP contribution < -0.4 is 11.1 Å². The molecule has 0 bridgehead atoms. The van der Waals surface area contributed by atoms with Crippen LogP contribution in [-0.4, -0.2) is 22.5 Å². The monoisotopic (exact) mass is 209 g/mol. The van der Waals surface area contributed by atoms with Crippen LogP contribution in [0, 0.1) is 0 Å². The molecule has 1 aromatic heterocycles. The average Bonchev–Trinajstić information content (AvgIpc) is 2.19. The largest absolute Gasteiger partial charge is 0.397 e. The van der Waals surface area contributed by atoms with Gasteiger partial charge in [0.15, 0.2) is 0 Å². The molecule has 0 amide bonds. The van der Waals surface area contributed by atoms with Crippen molar-refractivity contribution in [3.05, 3.63) is 18.5 Å². The van der Waals surface area contributed by atoms with Crippen molar-refractivity contribution in [2.24, 2.45) is 0 Å². The Bertz CT molecular complexity index is 297. The van der Waals surface area contributed by atoms with E-state index in [1.807, 2.05) is 24.0 Å². The van der Waals surface area contributed by atoms with E-state index < -0.39 is 0 Å². The third kappa shape index (κ3) is 2.54. The van der Waals surface area contributed by atoms with Crippen molar-refractivity contribution >= 4 is 23.1 Å². The molecule has 0 radical (unpaired) electrons. The zero-order chi connectivity index (χ0) is 9.80. The summed E-state index contributed by atoms with van der Waals surface area (Å²) in [4.78, 5) is 4.06. The number of nitrogens with zero attached hydrogens (tertiary/aromatic N) is 1. The van der Waals surface area contributed by atoms with Crippen LogP contribution in [0.2, 0.25) is 0 Å². The van der Waals surface area contributed by atoms with E-state index >= 15 is 0 Å². The number of hydrogen-bond donors (Lipinski definition) is 2. The molecule has 0 aromatic carbocycles. The molecular weight excluding hydrogens is 194 g/mol. The van der Waals surface area contributed by atoms with E-state index in [1.165, 1.54) is 24.3 Å². The highest BCUT2D eigenvalue weighted by Crippen LogP contribution is 2.21. The van der Waals surface area contributed by atoms with E-state index in [1.54, 1.807) is 6.20 Å². The number of nitrogens with two attached hydrogens (primary N) is 1. The molecule has 0 atom stereocenters. The molecule has 0 aliphatic carbocycles. The molecule has 0 saturated carbocycles. The average molecular weight is 209 g/mol. The minimum absolute atomic E-state index is 0.597. The highest BCUT2D eigenvalue weighted by Gasteiger charge is 2.12. The molecule has 1 fully saturated rings. The number of nitrogens with one attached hydrogen (secondary N) is 1. The van der Waals surface area contributed by atoms with Gasteiger partial charge in [0.25, 0.3) is 0 Å². The lowest BCUT2D eigenvalue weighted by Gasteiger charge is -2.23. The third-order valence-electron chi connectivity index (χ3n) is 2.35. The molecular formula is C10H15N3S. The number of thioether (sulfide) groups is 1. The highest BCUT2D eigenvalue weighted by molar-refractivity contribution is 7.99. The van der Waals surface area contributed by atoms with Crippen molar-refractivity contribution in [2.45, 2.75) is 18.9 Å². The van der Waals surface area contributed by atoms with Gasteiger partial charge in [-0.15, -0.1) is 0 Å². The lowest BCUT2D eigenvalue weighted by Crippen LogP contribution is -2.24. The fraction of sp³-hybridized carbons (Fsp3) is 0.500. The Labute approximate surface area is 88.5 Å². The van der Waals surface area contributed by atoms with E-state index in [4.69, 9.17) is 5.73 Å². The van der Waals surface area contributed by atoms with E-state index in [0.29, 0.717) is 6.04 Å². The fourth-order valence-corrected chi connectivity index (χ4v) is 2.72. The van der Waals surface area contributed by atoms with Crippen LogP contribution in [0.15, 0.2) is 18.5 Å². The first-order chi connectivity index (χ1) is 6.84. The molecule has 0 spiro atoms. The predicted octanol–water partition coefficient (Wildman–Crippen LogP) is 1.97. The summed E-state index contributed by atoms with van der Waals surface area (Å²) in [6.45, 7) is 0. The minimum atomic E-state index is 0.597. The number of hydrogen-bond acceptors (Lipinski definition) is 4. The first kappa shape index (κ1) is 9.65. The van der Waals surface area contributed by atoms with Gasteiger partial charge in [-0.1, -0.05) is 0 Å². The van der Waals surface area contributed by atoms with Gasteiger partial charge in [-0.2, -0.15) is 11.8 Å². The Balaban J connectivity index is 1.95. The number of anilines is 2. The first-order valence-corrected chi connectivity index (χ1v) is 6.05. The molecule has 76 valence electrons. The van der Waals surface area contributed by atoms with Gasteiger partial charge in [0.05, 0.1) is 17.6 Å². The Morgan fingerprint density at radius 2 is 2.14 bits per heavy atom. The molecule has 14 heavy (non-hydrogen) atoms. The smallest absolute Gasteiger partial charge is 0.0549 e. The Kier molecular flexibility index (Phi) is 3.14. The summed E-state index contributed by atoms with van der Waals surface area (Å²) in [5.74, 6) is 2.51. The molecule has 2 rings (SSSR count). The number of rotatable bonds is 2. The summed E-state index contributed by atoms with van der Waals surface area (Å²) in [5.41, 5.74) is 7.42. The number of aromatic nitrogens is 1. The van der Waals surface area contributed by atoms with Gasteiger partial charge < -0.3 is 11.1 Å². The lowest BCUT2D eigenvalue weighted by molar-refractivity contribution is 0.666. The lowest BCUT2D eigenvalue weighted by atomic mass is 10.1. The van der Waals surface area contributed by atoms with E-state index in [-0.39, 0.29) is 0 Å². The summed E-state index contributed by atoms with van der Waals surface area (Å²) in [6, 6.07) is 2.54. The van der Waals surface area contributed by atoms with E-state index in [9.17, 15) is 0 Å². The van der Waals surface area contributed by atoms with Crippen molar-refractivity contribution in [3.8, 4) is 0 Å². The second-order valence-electron chi connectivity index (χ2n) is 3.54. The van der Waals surface area contributed by atoms with Gasteiger partial charge in [-0.3, -0.25) is 4.98 Å². The van der Waals surface area contributed by atoms with Crippen LogP contribution in [0.5, 0.6) is 0 Å².